The molecule has 3 rings (SSSR count). The van der Waals surface area contributed by atoms with Crippen LogP contribution in [0.15, 0.2) is 41.6 Å². The van der Waals surface area contributed by atoms with E-state index < -0.39 is 5.97 Å². The molecule has 0 fully saturated rings. The molecule has 22 heavy (non-hydrogen) atoms. The van der Waals surface area contributed by atoms with Crippen molar-refractivity contribution >= 4 is 33.5 Å². The highest BCUT2D eigenvalue weighted by Crippen LogP contribution is 2.29. The van der Waals surface area contributed by atoms with E-state index in [9.17, 15) is 4.79 Å². The fourth-order valence-corrected chi connectivity index (χ4v) is 2.74. The largest absolute Gasteiger partial charge is 0.344 e. The lowest BCUT2D eigenvalue weighted by atomic mass is 10.1. The van der Waals surface area contributed by atoms with Crippen LogP contribution in [0.1, 0.15) is 25.0 Å². The average molecular weight is 294 g/mol. The summed E-state index contributed by atoms with van der Waals surface area (Å²) in [5, 5.41) is 6.26. The molecule has 1 heterocycles. The van der Waals surface area contributed by atoms with Crippen molar-refractivity contribution in [3.8, 4) is 0 Å². The van der Waals surface area contributed by atoms with Crippen molar-refractivity contribution < 1.29 is 9.63 Å². The molecule has 0 N–H and O–H groups in total. The minimum absolute atomic E-state index is 0.416. The van der Waals surface area contributed by atoms with Gasteiger partial charge >= 0.3 is 5.97 Å². The minimum Gasteiger partial charge on any atom is -0.344 e. The van der Waals surface area contributed by atoms with E-state index in [-0.39, 0.29) is 0 Å². The maximum atomic E-state index is 10.9. The van der Waals surface area contributed by atoms with Crippen molar-refractivity contribution in [2.24, 2.45) is 12.2 Å². The zero-order valence-electron chi connectivity index (χ0n) is 13.2. The van der Waals surface area contributed by atoms with Crippen molar-refractivity contribution in [3.63, 3.8) is 0 Å². The molecule has 0 aliphatic rings. The van der Waals surface area contributed by atoms with E-state index in [1.54, 1.807) is 0 Å². The van der Waals surface area contributed by atoms with Crippen LogP contribution < -0.4 is 0 Å². The predicted octanol–water partition coefficient (Wildman–Crippen LogP) is 3.93. The van der Waals surface area contributed by atoms with Crippen molar-refractivity contribution in [3.05, 3.63) is 47.5 Å². The van der Waals surface area contributed by atoms with E-state index in [1.807, 2.05) is 13.0 Å². The van der Waals surface area contributed by atoms with Gasteiger partial charge < -0.3 is 9.40 Å². The normalized spacial score (nSPS) is 12.1. The van der Waals surface area contributed by atoms with Crippen molar-refractivity contribution in [1.29, 1.82) is 0 Å². The second kappa shape index (κ2) is 5.30. The van der Waals surface area contributed by atoms with Crippen LogP contribution in [-0.4, -0.2) is 16.2 Å². The first-order valence-electron chi connectivity index (χ1n) is 7.18. The lowest BCUT2D eigenvalue weighted by Gasteiger charge is -2.02. The van der Waals surface area contributed by atoms with Gasteiger partial charge in [-0.15, -0.1) is 0 Å². The Bertz CT molecular complexity index is 920. The summed E-state index contributed by atoms with van der Waals surface area (Å²) in [6, 6.07) is 12.6. The third-order valence-electron chi connectivity index (χ3n) is 3.89. The van der Waals surface area contributed by atoms with Gasteiger partial charge in [0.25, 0.3) is 0 Å². The van der Waals surface area contributed by atoms with Crippen molar-refractivity contribution in [1.82, 2.24) is 4.57 Å². The molecule has 4 heteroatoms. The molecular weight excluding hydrogens is 276 g/mol. The Morgan fingerprint density at radius 1 is 1.05 bits per heavy atom. The van der Waals surface area contributed by atoms with Gasteiger partial charge in [-0.3, -0.25) is 0 Å². The molecule has 0 unspecified atom stereocenters. The molecule has 0 saturated heterocycles. The zero-order valence-corrected chi connectivity index (χ0v) is 13.2. The van der Waals surface area contributed by atoms with Gasteiger partial charge in [0.15, 0.2) is 0 Å². The highest BCUT2D eigenvalue weighted by Gasteiger charge is 2.10. The van der Waals surface area contributed by atoms with E-state index in [4.69, 9.17) is 4.84 Å². The van der Waals surface area contributed by atoms with Crippen LogP contribution in [0.25, 0.3) is 21.8 Å². The topological polar surface area (TPSA) is 43.6 Å². The maximum absolute atomic E-state index is 10.9. The Morgan fingerprint density at radius 2 is 1.68 bits per heavy atom. The number of aromatic nitrogens is 1. The molecule has 0 spiro atoms. The van der Waals surface area contributed by atoms with Crippen molar-refractivity contribution in [2.45, 2.75) is 20.8 Å². The number of nitrogens with zero attached hydrogens (tertiary/aromatic N) is 2. The quantitative estimate of drug-likeness (QED) is 0.408. The van der Waals surface area contributed by atoms with Crippen LogP contribution in [0.4, 0.5) is 0 Å². The number of fused-ring (bicyclic) bond motifs is 3. The standard InChI is InChI=1S/C18H18N2O2/c1-11-5-7-17-15(9-11)16-10-14(6-8-18(16)20(17)4)12(2)19-22-13(3)21/h5-10H,1-4H3/b19-12+. The molecule has 0 bridgehead atoms. The SMILES string of the molecule is CC(=O)O/N=C(\C)c1ccc2c(c1)c1cc(C)ccc1n2C. The third kappa shape index (κ3) is 2.37. The molecule has 0 radical (unpaired) electrons. The Labute approximate surface area is 129 Å². The number of carbonyl (C=O) groups is 1. The molecule has 3 aromatic rings. The monoisotopic (exact) mass is 294 g/mol. The average Bonchev–Trinajstić information content (AvgIpc) is 2.77. The summed E-state index contributed by atoms with van der Waals surface area (Å²) in [7, 11) is 2.07. The lowest BCUT2D eigenvalue weighted by molar-refractivity contribution is -0.140. The molecule has 0 aliphatic heterocycles. The maximum Gasteiger partial charge on any atom is 0.331 e. The van der Waals surface area contributed by atoms with Crippen LogP contribution in [-0.2, 0) is 16.7 Å². The molecular formula is C18H18N2O2. The van der Waals surface area contributed by atoms with Gasteiger partial charge in [-0.1, -0.05) is 22.9 Å². The Balaban J connectivity index is 2.21. The minimum atomic E-state index is -0.416. The lowest BCUT2D eigenvalue weighted by Crippen LogP contribution is -1.99. The van der Waals surface area contributed by atoms with Gasteiger partial charge in [-0.25, -0.2) is 4.79 Å². The number of carbonyl (C=O) groups excluding carboxylic acids is 1. The Hall–Kier alpha value is -2.62. The van der Waals surface area contributed by atoms with Crippen LogP contribution >= 0.6 is 0 Å². The van der Waals surface area contributed by atoms with Crippen LogP contribution in [0, 0.1) is 6.92 Å². The highest BCUT2D eigenvalue weighted by atomic mass is 16.7. The first-order valence-corrected chi connectivity index (χ1v) is 7.18. The van der Waals surface area contributed by atoms with Gasteiger partial charge in [-0.05, 0) is 43.7 Å². The summed E-state index contributed by atoms with van der Waals surface area (Å²) in [5.74, 6) is -0.416. The molecule has 4 nitrogen and oxygen atoms in total. The van der Waals surface area contributed by atoms with E-state index >= 15 is 0 Å². The van der Waals surface area contributed by atoms with Gasteiger partial charge in [0.2, 0.25) is 0 Å². The zero-order chi connectivity index (χ0) is 15.9. The summed E-state index contributed by atoms with van der Waals surface area (Å²) >= 11 is 0. The number of benzene rings is 2. The van der Waals surface area contributed by atoms with Crippen LogP contribution in [0.3, 0.4) is 0 Å². The molecule has 0 aliphatic carbocycles. The highest BCUT2D eigenvalue weighted by molar-refractivity contribution is 6.11. The van der Waals surface area contributed by atoms with Gasteiger partial charge in [0.1, 0.15) is 0 Å². The van der Waals surface area contributed by atoms with E-state index in [0.29, 0.717) is 5.71 Å². The van der Waals surface area contributed by atoms with E-state index in [0.717, 1.165) is 5.56 Å². The number of aryl methyl sites for hydroxylation is 2. The summed E-state index contributed by atoms with van der Waals surface area (Å²) < 4.78 is 2.19. The second-order valence-electron chi connectivity index (χ2n) is 5.57. The number of hydrogen-bond acceptors (Lipinski definition) is 3. The Morgan fingerprint density at radius 3 is 2.36 bits per heavy atom. The first kappa shape index (κ1) is 14.3. The van der Waals surface area contributed by atoms with Crippen LogP contribution in [0.2, 0.25) is 0 Å². The van der Waals surface area contributed by atoms with Crippen molar-refractivity contribution in [2.75, 3.05) is 0 Å². The molecule has 0 atom stereocenters. The van der Waals surface area contributed by atoms with Gasteiger partial charge in [0.05, 0.1) is 5.71 Å². The molecule has 2 aromatic carbocycles. The van der Waals surface area contributed by atoms with E-state index in [1.165, 1.54) is 34.3 Å². The second-order valence-corrected chi connectivity index (χ2v) is 5.57. The summed E-state index contributed by atoms with van der Waals surface area (Å²) in [4.78, 5) is 15.6. The predicted molar refractivity (Wildman–Crippen MR) is 89.1 cm³/mol. The molecule has 1 aromatic heterocycles. The first-order chi connectivity index (χ1) is 10.5. The van der Waals surface area contributed by atoms with Gasteiger partial charge in [0, 0.05) is 35.8 Å². The fourth-order valence-electron chi connectivity index (χ4n) is 2.74. The molecule has 112 valence electrons. The number of oxime groups is 1. The third-order valence-corrected chi connectivity index (χ3v) is 3.89. The van der Waals surface area contributed by atoms with Gasteiger partial charge in [-0.2, -0.15) is 0 Å². The summed E-state index contributed by atoms with van der Waals surface area (Å²) in [6.07, 6.45) is 0. The fraction of sp³-hybridized carbons (Fsp3) is 0.222. The molecule has 0 saturated carbocycles. The van der Waals surface area contributed by atoms with E-state index in [2.05, 4.69) is 54.0 Å². The summed E-state index contributed by atoms with van der Waals surface area (Å²) in [5.41, 5.74) is 5.23. The smallest absolute Gasteiger partial charge is 0.331 e. The number of hydrogen-bond donors (Lipinski definition) is 0. The summed E-state index contributed by atoms with van der Waals surface area (Å²) in [6.45, 7) is 5.27. The Kier molecular flexibility index (Phi) is 3.45. The van der Waals surface area contributed by atoms with Crippen LogP contribution in [0.5, 0.6) is 0 Å². The molecule has 0 amide bonds. The number of rotatable bonds is 2.